The van der Waals surface area contributed by atoms with Crippen LogP contribution in [0.25, 0.3) is 0 Å². The molecule has 1 aromatic carbocycles. The minimum Gasteiger partial charge on any atom is -0.303 e. The van der Waals surface area contributed by atoms with Gasteiger partial charge < -0.3 is 4.90 Å². The van der Waals surface area contributed by atoms with Crippen molar-refractivity contribution in [1.29, 1.82) is 0 Å². The van der Waals surface area contributed by atoms with E-state index in [2.05, 4.69) is 4.90 Å². The predicted octanol–water partition coefficient (Wildman–Crippen LogP) is 2.35. The number of rotatable bonds is 2. The number of halogens is 1. The summed E-state index contributed by atoms with van der Waals surface area (Å²) in [7, 11) is 0. The van der Waals surface area contributed by atoms with Gasteiger partial charge in [0.1, 0.15) is 5.82 Å². The SMILES string of the molecule is O=C(c1cccc(F)c1)C1CN2CCC1CC2. The molecule has 0 aliphatic carbocycles. The molecular weight excluding hydrogens is 217 g/mol. The maximum atomic E-state index is 13.1. The number of ketones is 1. The lowest BCUT2D eigenvalue weighted by molar-refractivity contribution is 0.0418. The molecule has 3 fully saturated rings. The van der Waals surface area contributed by atoms with Crippen LogP contribution in [-0.4, -0.2) is 30.3 Å². The van der Waals surface area contributed by atoms with Crippen molar-refractivity contribution in [2.24, 2.45) is 11.8 Å². The lowest BCUT2D eigenvalue weighted by Gasteiger charge is -2.44. The zero-order valence-corrected chi connectivity index (χ0v) is 9.73. The Morgan fingerprint density at radius 1 is 1.29 bits per heavy atom. The highest BCUT2D eigenvalue weighted by molar-refractivity contribution is 5.98. The average molecular weight is 233 g/mol. The quantitative estimate of drug-likeness (QED) is 0.731. The maximum Gasteiger partial charge on any atom is 0.167 e. The number of carbonyl (C=O) groups is 1. The third-order valence-electron chi connectivity index (χ3n) is 4.10. The molecule has 3 heteroatoms. The Hall–Kier alpha value is -1.22. The van der Waals surface area contributed by atoms with Crippen molar-refractivity contribution in [3.8, 4) is 0 Å². The van der Waals surface area contributed by atoms with Crippen LogP contribution in [0.3, 0.4) is 0 Å². The van der Waals surface area contributed by atoms with Gasteiger partial charge in [-0.15, -0.1) is 0 Å². The Balaban J connectivity index is 1.83. The summed E-state index contributed by atoms with van der Waals surface area (Å²) in [5.41, 5.74) is 0.531. The molecule has 0 saturated carbocycles. The first-order valence-electron chi connectivity index (χ1n) is 6.26. The molecule has 2 nitrogen and oxygen atoms in total. The van der Waals surface area contributed by atoms with Crippen molar-refractivity contribution in [2.45, 2.75) is 12.8 Å². The minimum absolute atomic E-state index is 0.0827. The lowest BCUT2D eigenvalue weighted by atomic mass is 9.75. The van der Waals surface area contributed by atoms with Gasteiger partial charge in [0.05, 0.1) is 0 Å². The van der Waals surface area contributed by atoms with E-state index in [1.807, 2.05) is 0 Å². The van der Waals surface area contributed by atoms with Crippen LogP contribution in [0.15, 0.2) is 24.3 Å². The molecule has 2 bridgehead atoms. The molecule has 0 spiro atoms. The first-order chi connectivity index (χ1) is 8.24. The van der Waals surface area contributed by atoms with Gasteiger partial charge in [-0.1, -0.05) is 12.1 Å². The summed E-state index contributed by atoms with van der Waals surface area (Å²) in [5, 5.41) is 0. The monoisotopic (exact) mass is 233 g/mol. The molecule has 90 valence electrons. The van der Waals surface area contributed by atoms with Gasteiger partial charge in [-0.05, 0) is 44.0 Å². The second-order valence-electron chi connectivity index (χ2n) is 5.12. The Morgan fingerprint density at radius 3 is 2.65 bits per heavy atom. The molecule has 3 aliphatic rings. The Labute approximate surface area is 100 Å². The van der Waals surface area contributed by atoms with Gasteiger partial charge in [0.2, 0.25) is 0 Å². The number of benzene rings is 1. The molecule has 3 saturated heterocycles. The fourth-order valence-corrected chi connectivity index (χ4v) is 3.12. The van der Waals surface area contributed by atoms with Crippen LogP contribution in [0.1, 0.15) is 23.2 Å². The van der Waals surface area contributed by atoms with Crippen molar-refractivity contribution in [3.63, 3.8) is 0 Å². The molecule has 0 amide bonds. The van der Waals surface area contributed by atoms with Gasteiger partial charge in [0.25, 0.3) is 0 Å². The van der Waals surface area contributed by atoms with Crippen molar-refractivity contribution in [1.82, 2.24) is 4.90 Å². The molecule has 3 aliphatic heterocycles. The first kappa shape index (κ1) is 10.9. The molecule has 1 unspecified atom stereocenters. The molecule has 3 heterocycles. The highest BCUT2D eigenvalue weighted by atomic mass is 19.1. The summed E-state index contributed by atoms with van der Waals surface area (Å²) in [6.07, 6.45) is 2.23. The van der Waals surface area contributed by atoms with E-state index < -0.39 is 0 Å². The van der Waals surface area contributed by atoms with E-state index in [1.54, 1.807) is 12.1 Å². The van der Waals surface area contributed by atoms with Crippen LogP contribution < -0.4 is 0 Å². The van der Waals surface area contributed by atoms with E-state index in [0.717, 1.165) is 32.5 Å². The van der Waals surface area contributed by atoms with Gasteiger partial charge in [-0.3, -0.25) is 4.79 Å². The second-order valence-corrected chi connectivity index (χ2v) is 5.12. The summed E-state index contributed by atoms with van der Waals surface area (Å²) in [4.78, 5) is 14.7. The van der Waals surface area contributed by atoms with Crippen LogP contribution >= 0.6 is 0 Å². The van der Waals surface area contributed by atoms with Crippen molar-refractivity contribution in [2.75, 3.05) is 19.6 Å². The lowest BCUT2D eigenvalue weighted by Crippen LogP contribution is -2.50. The highest BCUT2D eigenvalue weighted by Crippen LogP contribution is 2.34. The third-order valence-corrected chi connectivity index (χ3v) is 4.10. The van der Waals surface area contributed by atoms with Gasteiger partial charge in [0, 0.05) is 18.0 Å². The van der Waals surface area contributed by atoms with E-state index in [0.29, 0.717) is 11.5 Å². The zero-order chi connectivity index (χ0) is 11.8. The topological polar surface area (TPSA) is 20.3 Å². The van der Waals surface area contributed by atoms with Crippen LogP contribution in [-0.2, 0) is 0 Å². The Kier molecular flexibility index (Phi) is 2.71. The Bertz CT molecular complexity index is 438. The first-order valence-corrected chi connectivity index (χ1v) is 6.26. The van der Waals surface area contributed by atoms with E-state index in [9.17, 15) is 9.18 Å². The molecular formula is C14H16FNO. The molecule has 0 N–H and O–H groups in total. The summed E-state index contributed by atoms with van der Waals surface area (Å²) in [5.74, 6) is 0.395. The fourth-order valence-electron chi connectivity index (χ4n) is 3.12. The van der Waals surface area contributed by atoms with Gasteiger partial charge in [-0.25, -0.2) is 4.39 Å². The van der Waals surface area contributed by atoms with Gasteiger partial charge >= 0.3 is 0 Å². The molecule has 4 rings (SSSR count). The van der Waals surface area contributed by atoms with Crippen LogP contribution in [0.5, 0.6) is 0 Å². The second kappa shape index (κ2) is 4.22. The number of piperidine rings is 3. The largest absolute Gasteiger partial charge is 0.303 e. The standard InChI is InChI=1S/C14H16FNO/c15-12-3-1-2-11(8-12)14(17)13-9-16-6-4-10(13)5-7-16/h1-3,8,10,13H,4-7,9H2. The Morgan fingerprint density at radius 2 is 2.06 bits per heavy atom. The van der Waals surface area contributed by atoms with E-state index >= 15 is 0 Å². The summed E-state index contributed by atoms with van der Waals surface area (Å²) >= 11 is 0. The summed E-state index contributed by atoms with van der Waals surface area (Å²) in [6.45, 7) is 3.11. The number of fused-ring (bicyclic) bond motifs is 3. The number of hydrogen-bond donors (Lipinski definition) is 0. The van der Waals surface area contributed by atoms with Crippen molar-refractivity contribution in [3.05, 3.63) is 35.6 Å². The molecule has 1 aromatic rings. The molecule has 17 heavy (non-hydrogen) atoms. The van der Waals surface area contributed by atoms with E-state index in [1.165, 1.54) is 12.1 Å². The fraction of sp³-hybridized carbons (Fsp3) is 0.500. The molecule has 0 aromatic heterocycles. The number of Topliss-reactive ketones (excluding diaryl/α,β-unsaturated/α-hetero) is 1. The molecule has 1 atom stereocenters. The zero-order valence-electron chi connectivity index (χ0n) is 9.73. The van der Waals surface area contributed by atoms with E-state index in [-0.39, 0.29) is 17.5 Å². The smallest absolute Gasteiger partial charge is 0.167 e. The third kappa shape index (κ3) is 2.00. The summed E-state index contributed by atoms with van der Waals surface area (Å²) < 4.78 is 13.1. The number of hydrogen-bond acceptors (Lipinski definition) is 2. The summed E-state index contributed by atoms with van der Waals surface area (Å²) in [6, 6.07) is 6.08. The highest BCUT2D eigenvalue weighted by Gasteiger charge is 2.38. The average Bonchev–Trinajstić information content (AvgIpc) is 2.39. The van der Waals surface area contributed by atoms with E-state index in [4.69, 9.17) is 0 Å². The van der Waals surface area contributed by atoms with Crippen molar-refractivity contribution >= 4 is 5.78 Å². The van der Waals surface area contributed by atoms with Gasteiger partial charge in [-0.2, -0.15) is 0 Å². The maximum absolute atomic E-state index is 13.1. The van der Waals surface area contributed by atoms with Crippen LogP contribution in [0, 0.1) is 17.7 Å². The number of carbonyl (C=O) groups excluding carboxylic acids is 1. The van der Waals surface area contributed by atoms with Crippen LogP contribution in [0.4, 0.5) is 4.39 Å². The molecule has 0 radical (unpaired) electrons. The minimum atomic E-state index is -0.322. The van der Waals surface area contributed by atoms with Crippen molar-refractivity contribution < 1.29 is 9.18 Å². The van der Waals surface area contributed by atoms with Crippen LogP contribution in [0.2, 0.25) is 0 Å². The predicted molar refractivity (Wildman–Crippen MR) is 63.4 cm³/mol. The normalized spacial score (nSPS) is 31.5. The number of nitrogens with zero attached hydrogens (tertiary/aromatic N) is 1. The van der Waals surface area contributed by atoms with Gasteiger partial charge in [0.15, 0.2) is 5.78 Å².